The molecule has 0 fully saturated rings. The normalized spacial score (nSPS) is 10.6. The van der Waals surface area contributed by atoms with E-state index in [9.17, 15) is 4.79 Å². The number of ketones is 1. The molecule has 3 rings (SSSR count). The van der Waals surface area contributed by atoms with Crippen LogP contribution < -0.4 is 9.47 Å². The van der Waals surface area contributed by atoms with Crippen molar-refractivity contribution in [2.24, 2.45) is 0 Å². The molecule has 0 aliphatic heterocycles. The van der Waals surface area contributed by atoms with Crippen LogP contribution in [-0.2, 0) is 0 Å². The number of carbonyl (C=O) groups is 1. The highest BCUT2D eigenvalue weighted by Crippen LogP contribution is 2.28. The zero-order chi connectivity index (χ0) is 16.9. The van der Waals surface area contributed by atoms with Gasteiger partial charge in [0.05, 0.1) is 31.8 Å². The van der Waals surface area contributed by atoms with E-state index in [-0.39, 0.29) is 17.4 Å². The summed E-state index contributed by atoms with van der Waals surface area (Å²) in [4.78, 5) is 12.4. The minimum Gasteiger partial charge on any atom is -0.497 e. The summed E-state index contributed by atoms with van der Waals surface area (Å²) in [6.07, 6.45) is 1.52. The van der Waals surface area contributed by atoms with Crippen LogP contribution in [0.2, 0.25) is 0 Å². The van der Waals surface area contributed by atoms with Crippen LogP contribution in [0, 0.1) is 0 Å². The lowest BCUT2D eigenvalue weighted by Gasteiger charge is -2.08. The number of rotatable bonds is 7. The molecule has 2 heterocycles. The fourth-order valence-electron chi connectivity index (χ4n) is 2.00. The Morgan fingerprint density at radius 2 is 2.08 bits per heavy atom. The van der Waals surface area contributed by atoms with Crippen molar-refractivity contribution in [2.75, 3.05) is 20.0 Å². The SMILES string of the molecule is COc1ccc(C(=O)CSc2nnc(-c3ccco3)o2)c(OC)c1. The highest BCUT2D eigenvalue weighted by molar-refractivity contribution is 7.99. The topological polar surface area (TPSA) is 87.6 Å². The second kappa shape index (κ2) is 7.22. The average Bonchev–Trinajstić information content (AvgIpc) is 3.30. The number of Topliss-reactive ketones (excluding diaryl/α,β-unsaturated/α-hetero) is 1. The third-order valence-electron chi connectivity index (χ3n) is 3.17. The van der Waals surface area contributed by atoms with Gasteiger partial charge in [0.25, 0.3) is 11.1 Å². The minimum absolute atomic E-state index is 0.114. The molecule has 0 aliphatic rings. The number of furan rings is 1. The van der Waals surface area contributed by atoms with Crippen molar-refractivity contribution < 1.29 is 23.1 Å². The molecule has 0 aliphatic carbocycles. The lowest BCUT2D eigenvalue weighted by molar-refractivity contribution is 0.101. The fourth-order valence-corrected chi connectivity index (χ4v) is 2.65. The van der Waals surface area contributed by atoms with Gasteiger partial charge in [-0.05, 0) is 24.3 Å². The Morgan fingerprint density at radius 3 is 2.79 bits per heavy atom. The van der Waals surface area contributed by atoms with Gasteiger partial charge in [-0.1, -0.05) is 11.8 Å². The highest BCUT2D eigenvalue weighted by atomic mass is 32.2. The average molecular weight is 346 g/mol. The molecule has 3 aromatic rings. The summed E-state index contributed by atoms with van der Waals surface area (Å²) < 4.78 is 21.0. The Bertz CT molecular complexity index is 829. The molecule has 0 unspecified atom stereocenters. The van der Waals surface area contributed by atoms with Gasteiger partial charge in [0.1, 0.15) is 11.5 Å². The molecule has 7 nitrogen and oxygen atoms in total. The van der Waals surface area contributed by atoms with Gasteiger partial charge in [0.15, 0.2) is 11.5 Å². The third-order valence-corrected chi connectivity index (χ3v) is 3.99. The second-order valence-electron chi connectivity index (χ2n) is 4.63. The smallest absolute Gasteiger partial charge is 0.284 e. The maximum Gasteiger partial charge on any atom is 0.284 e. The summed E-state index contributed by atoms with van der Waals surface area (Å²) in [5, 5.41) is 8.07. The Kier molecular flexibility index (Phi) is 4.85. The quantitative estimate of drug-likeness (QED) is 0.475. The second-order valence-corrected chi connectivity index (χ2v) is 5.56. The maximum absolute atomic E-state index is 12.4. The first-order chi connectivity index (χ1) is 11.7. The van der Waals surface area contributed by atoms with Crippen molar-refractivity contribution in [1.29, 1.82) is 0 Å². The Morgan fingerprint density at radius 1 is 1.21 bits per heavy atom. The van der Waals surface area contributed by atoms with Crippen LogP contribution in [0.1, 0.15) is 10.4 Å². The number of nitrogens with zero attached hydrogens (tertiary/aromatic N) is 2. The molecule has 2 aromatic heterocycles. The fraction of sp³-hybridized carbons (Fsp3) is 0.188. The van der Waals surface area contributed by atoms with Crippen molar-refractivity contribution >= 4 is 17.5 Å². The molecule has 0 atom stereocenters. The number of ether oxygens (including phenoxy) is 2. The Labute approximate surface area is 142 Å². The molecule has 24 heavy (non-hydrogen) atoms. The van der Waals surface area contributed by atoms with E-state index in [1.807, 2.05) is 0 Å². The standard InChI is InChI=1S/C16H14N2O5S/c1-20-10-5-6-11(14(8-10)21-2)12(19)9-24-16-18-17-15(23-16)13-4-3-7-22-13/h3-8H,9H2,1-2H3. The third kappa shape index (κ3) is 3.43. The Balaban J connectivity index is 1.67. The predicted molar refractivity (Wildman–Crippen MR) is 86.6 cm³/mol. The highest BCUT2D eigenvalue weighted by Gasteiger charge is 2.16. The number of hydrogen-bond donors (Lipinski definition) is 0. The van der Waals surface area contributed by atoms with Crippen molar-refractivity contribution in [3.63, 3.8) is 0 Å². The van der Waals surface area contributed by atoms with Crippen LogP contribution in [-0.4, -0.2) is 36.0 Å². The number of carbonyl (C=O) groups excluding carboxylic acids is 1. The minimum atomic E-state index is -0.114. The number of thioether (sulfide) groups is 1. The summed E-state index contributed by atoms with van der Waals surface area (Å²) in [6, 6.07) is 8.49. The van der Waals surface area contributed by atoms with Gasteiger partial charge in [0.2, 0.25) is 0 Å². The van der Waals surface area contributed by atoms with Gasteiger partial charge in [-0.3, -0.25) is 4.79 Å². The van der Waals surface area contributed by atoms with Crippen LogP contribution in [0.3, 0.4) is 0 Å². The summed E-state index contributed by atoms with van der Waals surface area (Å²) in [6.45, 7) is 0. The molecular weight excluding hydrogens is 332 g/mol. The monoisotopic (exact) mass is 346 g/mol. The lowest BCUT2D eigenvalue weighted by Crippen LogP contribution is -2.05. The van der Waals surface area contributed by atoms with E-state index in [0.717, 1.165) is 11.8 Å². The van der Waals surface area contributed by atoms with Crippen LogP contribution in [0.5, 0.6) is 11.5 Å². The molecule has 0 radical (unpaired) electrons. The summed E-state index contributed by atoms with van der Waals surface area (Å²) in [7, 11) is 3.06. The summed E-state index contributed by atoms with van der Waals surface area (Å²) >= 11 is 1.15. The summed E-state index contributed by atoms with van der Waals surface area (Å²) in [5.41, 5.74) is 0.469. The lowest BCUT2D eigenvalue weighted by atomic mass is 10.1. The van der Waals surface area contributed by atoms with E-state index in [1.165, 1.54) is 13.4 Å². The van der Waals surface area contributed by atoms with Crippen molar-refractivity contribution in [1.82, 2.24) is 10.2 Å². The molecule has 0 spiro atoms. The predicted octanol–water partition coefficient (Wildman–Crippen LogP) is 3.32. The molecular formula is C16H14N2O5S. The number of hydrogen-bond acceptors (Lipinski definition) is 8. The molecule has 0 saturated heterocycles. The van der Waals surface area contributed by atoms with E-state index in [2.05, 4.69) is 10.2 Å². The molecule has 124 valence electrons. The van der Waals surface area contributed by atoms with Gasteiger partial charge in [-0.15, -0.1) is 10.2 Å². The van der Waals surface area contributed by atoms with E-state index >= 15 is 0 Å². The van der Waals surface area contributed by atoms with Crippen LogP contribution in [0.4, 0.5) is 0 Å². The molecule has 0 saturated carbocycles. The van der Waals surface area contributed by atoms with Gasteiger partial charge in [0, 0.05) is 6.07 Å². The number of methoxy groups -OCH3 is 2. The number of benzene rings is 1. The maximum atomic E-state index is 12.4. The van der Waals surface area contributed by atoms with Crippen LogP contribution in [0.25, 0.3) is 11.7 Å². The van der Waals surface area contributed by atoms with E-state index in [0.29, 0.717) is 28.0 Å². The molecule has 0 N–H and O–H groups in total. The van der Waals surface area contributed by atoms with Crippen LogP contribution in [0.15, 0.2) is 50.7 Å². The van der Waals surface area contributed by atoms with E-state index in [4.69, 9.17) is 18.3 Å². The molecule has 0 bridgehead atoms. The van der Waals surface area contributed by atoms with Crippen molar-refractivity contribution in [3.8, 4) is 23.1 Å². The van der Waals surface area contributed by atoms with Crippen molar-refractivity contribution in [2.45, 2.75) is 5.22 Å². The zero-order valence-corrected chi connectivity index (χ0v) is 13.8. The molecule has 1 aromatic carbocycles. The van der Waals surface area contributed by atoms with Crippen molar-refractivity contribution in [3.05, 3.63) is 42.2 Å². The molecule has 8 heteroatoms. The first-order valence-electron chi connectivity index (χ1n) is 6.96. The van der Waals surface area contributed by atoms with Gasteiger partial charge in [-0.2, -0.15) is 0 Å². The van der Waals surface area contributed by atoms with Crippen LogP contribution >= 0.6 is 11.8 Å². The van der Waals surface area contributed by atoms with Gasteiger partial charge < -0.3 is 18.3 Å². The molecule has 0 amide bonds. The first-order valence-corrected chi connectivity index (χ1v) is 7.95. The first kappa shape index (κ1) is 16.1. The Hall–Kier alpha value is -2.74. The summed E-state index contributed by atoms with van der Waals surface area (Å²) in [5.74, 6) is 1.87. The zero-order valence-electron chi connectivity index (χ0n) is 13.0. The van der Waals surface area contributed by atoms with Gasteiger partial charge >= 0.3 is 0 Å². The largest absolute Gasteiger partial charge is 0.497 e. The van der Waals surface area contributed by atoms with Gasteiger partial charge in [-0.25, -0.2) is 0 Å². The van der Waals surface area contributed by atoms with E-state index in [1.54, 1.807) is 37.4 Å². The number of aromatic nitrogens is 2. The van der Waals surface area contributed by atoms with E-state index < -0.39 is 0 Å².